The quantitative estimate of drug-likeness (QED) is 0.516. The average molecular weight is 439 g/mol. The summed E-state index contributed by atoms with van der Waals surface area (Å²) >= 11 is -1.59. The summed E-state index contributed by atoms with van der Waals surface area (Å²) in [6.07, 6.45) is 0. The average Bonchev–Trinajstić information content (AvgIpc) is 2.41. The molecule has 1 rings (SSSR count). The normalized spacial score (nSPS) is 14.6. The minimum absolute atomic E-state index is 0.0589. The van der Waals surface area contributed by atoms with Crippen molar-refractivity contribution in [3.63, 3.8) is 0 Å². The molecule has 0 spiro atoms. The zero-order valence-electron chi connectivity index (χ0n) is 12.6. The Kier molecular flexibility index (Phi) is 6.31. The molecule has 0 saturated carbocycles. The van der Waals surface area contributed by atoms with Crippen LogP contribution in [0, 0.1) is 0 Å². The molecule has 1 aromatic rings. The van der Waals surface area contributed by atoms with E-state index in [1.807, 2.05) is 0 Å². The Labute approximate surface area is 141 Å². The summed E-state index contributed by atoms with van der Waals surface area (Å²) in [7, 11) is -6.04. The monoisotopic (exact) mass is 440 g/mol. The first-order valence-corrected chi connectivity index (χ1v) is 10.2. The number of ether oxygens (including phenoxy) is 1. The van der Waals surface area contributed by atoms with Gasteiger partial charge in [-0.25, -0.2) is 0 Å². The molecule has 1 aromatic carbocycles. The van der Waals surface area contributed by atoms with Crippen LogP contribution in [0.1, 0.15) is 20.8 Å². The van der Waals surface area contributed by atoms with Crippen molar-refractivity contribution in [1.82, 2.24) is 0 Å². The SMILES string of the molecule is COc1cccc(S(=O)C(C)(C)C)c1[Se]OS(=O)(=O)C(F)(F)F. The summed E-state index contributed by atoms with van der Waals surface area (Å²) in [6.45, 7) is 5.06. The van der Waals surface area contributed by atoms with Crippen LogP contribution in [0.5, 0.6) is 5.75 Å². The van der Waals surface area contributed by atoms with Crippen molar-refractivity contribution in [2.45, 2.75) is 35.9 Å². The van der Waals surface area contributed by atoms with Crippen molar-refractivity contribution in [3.8, 4) is 5.75 Å². The Morgan fingerprint density at radius 3 is 2.17 bits per heavy atom. The molecule has 0 amide bonds. The van der Waals surface area contributed by atoms with E-state index in [-0.39, 0.29) is 15.1 Å². The van der Waals surface area contributed by atoms with Crippen molar-refractivity contribution < 1.29 is 33.8 Å². The zero-order chi connectivity index (χ0) is 18.1. The van der Waals surface area contributed by atoms with Gasteiger partial charge < -0.3 is 0 Å². The van der Waals surface area contributed by atoms with Gasteiger partial charge in [-0.05, 0) is 0 Å². The van der Waals surface area contributed by atoms with Gasteiger partial charge in [-0.2, -0.15) is 0 Å². The number of benzene rings is 1. The summed E-state index contributed by atoms with van der Waals surface area (Å²) in [4.78, 5) is 0.189. The molecule has 5 nitrogen and oxygen atoms in total. The molecule has 0 aromatic heterocycles. The Morgan fingerprint density at radius 1 is 1.17 bits per heavy atom. The standard InChI is InChI=1S/C12H15F3O5S2Se/c1-11(2,3)21(16)9-7-5-6-8(19-4)10(9)23-20-22(17,18)12(13,14)15/h5-7H,1-4H3. The van der Waals surface area contributed by atoms with Gasteiger partial charge in [-0.3, -0.25) is 0 Å². The van der Waals surface area contributed by atoms with Gasteiger partial charge in [0, 0.05) is 0 Å². The maximum atomic E-state index is 12.5. The Morgan fingerprint density at radius 2 is 1.74 bits per heavy atom. The molecule has 0 heterocycles. The van der Waals surface area contributed by atoms with Crippen molar-refractivity contribution in [2.24, 2.45) is 0 Å². The van der Waals surface area contributed by atoms with Crippen molar-refractivity contribution in [2.75, 3.05) is 7.11 Å². The first-order valence-electron chi connectivity index (χ1n) is 6.07. The van der Waals surface area contributed by atoms with Gasteiger partial charge in [-0.15, -0.1) is 0 Å². The topological polar surface area (TPSA) is 69.7 Å². The Bertz CT molecular complexity index is 696. The van der Waals surface area contributed by atoms with Crippen molar-refractivity contribution in [1.29, 1.82) is 0 Å². The molecule has 0 radical (unpaired) electrons. The van der Waals surface area contributed by atoms with Crippen molar-refractivity contribution in [3.05, 3.63) is 18.2 Å². The summed E-state index contributed by atoms with van der Waals surface area (Å²) < 4.78 is 80.3. The van der Waals surface area contributed by atoms with Crippen LogP contribution in [0.2, 0.25) is 0 Å². The van der Waals surface area contributed by atoms with Gasteiger partial charge in [0.15, 0.2) is 0 Å². The van der Waals surface area contributed by atoms with E-state index in [9.17, 15) is 25.8 Å². The Balaban J connectivity index is 3.27. The van der Waals surface area contributed by atoms with Gasteiger partial charge in [0.2, 0.25) is 0 Å². The summed E-state index contributed by atoms with van der Waals surface area (Å²) in [5.74, 6) is 0.123. The van der Waals surface area contributed by atoms with Crippen molar-refractivity contribution >= 4 is 40.7 Å². The molecule has 0 fully saturated rings. The summed E-state index contributed by atoms with van der Waals surface area (Å²) in [5, 5.41) is 0. The molecule has 1 atom stereocenters. The minimum atomic E-state index is -5.73. The van der Waals surface area contributed by atoms with Crippen LogP contribution in [0.4, 0.5) is 13.2 Å². The first-order chi connectivity index (χ1) is 10.3. The molecule has 0 aliphatic carbocycles. The number of hydrogen-bond acceptors (Lipinski definition) is 5. The molecular weight excluding hydrogens is 424 g/mol. The molecule has 0 saturated heterocycles. The van der Waals surface area contributed by atoms with Crippen LogP contribution in [-0.4, -0.2) is 45.3 Å². The van der Waals surface area contributed by atoms with Crippen LogP contribution >= 0.6 is 0 Å². The van der Waals surface area contributed by atoms with Crippen LogP contribution in [0.15, 0.2) is 23.1 Å². The van der Waals surface area contributed by atoms with E-state index in [1.54, 1.807) is 20.8 Å². The van der Waals surface area contributed by atoms with E-state index in [4.69, 9.17) is 4.74 Å². The fourth-order valence-electron chi connectivity index (χ4n) is 1.33. The second-order valence-electron chi connectivity index (χ2n) is 5.22. The molecule has 0 aliphatic heterocycles. The van der Waals surface area contributed by atoms with Crippen LogP contribution in [0.3, 0.4) is 0 Å². The van der Waals surface area contributed by atoms with Crippen LogP contribution in [0.25, 0.3) is 0 Å². The van der Waals surface area contributed by atoms with Crippen LogP contribution in [-0.2, 0) is 24.2 Å². The third-order valence-electron chi connectivity index (χ3n) is 2.41. The fourth-order valence-corrected chi connectivity index (χ4v) is 5.63. The fraction of sp³-hybridized carbons (Fsp3) is 0.500. The van der Waals surface area contributed by atoms with Gasteiger partial charge in [0.25, 0.3) is 0 Å². The van der Waals surface area contributed by atoms with E-state index in [2.05, 4.69) is 3.27 Å². The van der Waals surface area contributed by atoms with Gasteiger partial charge in [0.1, 0.15) is 0 Å². The Hall–Kier alpha value is -0.611. The molecule has 0 bridgehead atoms. The molecule has 11 heteroatoms. The van der Waals surface area contributed by atoms with E-state index in [1.165, 1.54) is 25.3 Å². The second-order valence-corrected chi connectivity index (χ2v) is 11.0. The first kappa shape index (κ1) is 20.4. The molecular formula is C12H15F3O5S2Se. The van der Waals surface area contributed by atoms with E-state index in [0.29, 0.717) is 0 Å². The predicted octanol–water partition coefficient (Wildman–Crippen LogP) is 1.71. The third-order valence-corrected chi connectivity index (χ3v) is 8.16. The number of methoxy groups -OCH3 is 1. The van der Waals surface area contributed by atoms with Crippen LogP contribution < -0.4 is 9.20 Å². The van der Waals surface area contributed by atoms with Gasteiger partial charge in [-0.1, -0.05) is 0 Å². The number of alkyl halides is 3. The number of hydrogen-bond donors (Lipinski definition) is 0. The molecule has 1 unspecified atom stereocenters. The number of rotatable bonds is 5. The van der Waals surface area contributed by atoms with E-state index >= 15 is 0 Å². The maximum absolute atomic E-state index is 12.5. The summed E-state index contributed by atoms with van der Waals surface area (Å²) in [5.41, 5.74) is -5.51. The second kappa shape index (κ2) is 7.10. The van der Waals surface area contributed by atoms with Gasteiger partial charge >= 0.3 is 141 Å². The predicted molar refractivity (Wildman–Crippen MR) is 80.6 cm³/mol. The number of halogens is 3. The molecule has 132 valence electrons. The van der Waals surface area contributed by atoms with E-state index in [0.717, 1.165) is 0 Å². The van der Waals surface area contributed by atoms with E-state index < -0.39 is 46.5 Å². The molecule has 0 aliphatic rings. The van der Waals surface area contributed by atoms with Gasteiger partial charge in [0.05, 0.1) is 0 Å². The summed E-state index contributed by atoms with van der Waals surface area (Å²) in [6, 6.07) is 4.41. The molecule has 0 N–H and O–H groups in total. The molecule has 23 heavy (non-hydrogen) atoms. The zero-order valence-corrected chi connectivity index (χ0v) is 16.0. The third kappa shape index (κ3) is 4.93.